The van der Waals surface area contributed by atoms with E-state index >= 15 is 0 Å². The number of rotatable bonds is 2. The second kappa shape index (κ2) is 1.77. The molecule has 0 aliphatic heterocycles. The lowest BCUT2D eigenvalue weighted by atomic mass is 10.2. The number of hydrogen-bond acceptors (Lipinski definition) is 1. The topological polar surface area (TPSA) is 43.1 Å². The fourth-order valence-electron chi connectivity index (χ4n) is 1.05. The molecule has 0 aromatic carbocycles. The summed E-state index contributed by atoms with van der Waals surface area (Å²) in [6.45, 7) is 2.09. The van der Waals surface area contributed by atoms with Crippen molar-refractivity contribution in [3.63, 3.8) is 0 Å². The number of hydrogen-bond donors (Lipinski definition) is 1. The van der Waals surface area contributed by atoms with Gasteiger partial charge in [-0.2, -0.15) is 0 Å². The molecule has 0 heterocycles. The minimum atomic E-state index is -0.114. The predicted octanol–water partition coefficient (Wildman–Crippen LogP) is 0.518. The monoisotopic (exact) mass is 113 g/mol. The highest BCUT2D eigenvalue weighted by Gasteiger charge is 2.39. The average Bonchev–Trinajstić information content (AvgIpc) is 2.42. The summed E-state index contributed by atoms with van der Waals surface area (Å²) in [6.07, 6.45) is 2.14. The van der Waals surface area contributed by atoms with Crippen molar-refractivity contribution in [2.75, 3.05) is 0 Å². The number of primary amides is 1. The Morgan fingerprint density at radius 2 is 2.50 bits per heavy atom. The average molecular weight is 113 g/mol. The van der Waals surface area contributed by atoms with E-state index in [1.54, 1.807) is 0 Å². The Balaban J connectivity index is 2.26. The summed E-state index contributed by atoms with van der Waals surface area (Å²) in [5.74, 6) is 0.726. The van der Waals surface area contributed by atoms with Crippen LogP contribution in [0.4, 0.5) is 0 Å². The summed E-state index contributed by atoms with van der Waals surface area (Å²) in [6, 6.07) is 0. The molecule has 2 unspecified atom stereocenters. The van der Waals surface area contributed by atoms with Crippen molar-refractivity contribution in [1.29, 1.82) is 0 Å². The third-order valence-corrected chi connectivity index (χ3v) is 1.81. The van der Waals surface area contributed by atoms with Gasteiger partial charge in [0.15, 0.2) is 0 Å². The molecule has 2 heteroatoms. The number of nitrogens with two attached hydrogens (primary N) is 1. The van der Waals surface area contributed by atoms with Gasteiger partial charge in [0.05, 0.1) is 0 Å². The molecular weight excluding hydrogens is 102 g/mol. The van der Waals surface area contributed by atoms with Crippen LogP contribution in [0, 0.1) is 11.8 Å². The van der Waals surface area contributed by atoms with Crippen LogP contribution in [0.3, 0.4) is 0 Å². The van der Waals surface area contributed by atoms with Gasteiger partial charge in [0.2, 0.25) is 5.91 Å². The van der Waals surface area contributed by atoms with Crippen LogP contribution in [0.2, 0.25) is 0 Å². The van der Waals surface area contributed by atoms with Crippen LogP contribution in [0.15, 0.2) is 0 Å². The summed E-state index contributed by atoms with van der Waals surface area (Å²) in [4.78, 5) is 10.4. The first kappa shape index (κ1) is 5.60. The van der Waals surface area contributed by atoms with Gasteiger partial charge in [-0.1, -0.05) is 13.3 Å². The second-order valence-corrected chi connectivity index (χ2v) is 2.41. The molecule has 0 saturated heterocycles. The summed E-state index contributed by atoms with van der Waals surface area (Å²) in [5, 5.41) is 0. The molecule has 0 aromatic heterocycles. The molecular formula is C6H11NO. The minimum Gasteiger partial charge on any atom is -0.369 e. The molecule has 1 amide bonds. The Morgan fingerprint density at radius 1 is 1.88 bits per heavy atom. The van der Waals surface area contributed by atoms with Crippen molar-refractivity contribution in [3.05, 3.63) is 0 Å². The smallest absolute Gasteiger partial charge is 0.220 e. The van der Waals surface area contributed by atoms with Gasteiger partial charge in [0.25, 0.3) is 0 Å². The van der Waals surface area contributed by atoms with Gasteiger partial charge >= 0.3 is 0 Å². The van der Waals surface area contributed by atoms with Crippen LogP contribution in [0.5, 0.6) is 0 Å². The van der Waals surface area contributed by atoms with Gasteiger partial charge in [-0.3, -0.25) is 4.79 Å². The van der Waals surface area contributed by atoms with Crippen molar-refractivity contribution in [1.82, 2.24) is 0 Å². The zero-order chi connectivity index (χ0) is 6.15. The molecule has 8 heavy (non-hydrogen) atoms. The van der Waals surface area contributed by atoms with Crippen molar-refractivity contribution < 1.29 is 4.79 Å². The van der Waals surface area contributed by atoms with E-state index in [1.807, 2.05) is 0 Å². The highest BCUT2D eigenvalue weighted by atomic mass is 16.1. The van der Waals surface area contributed by atoms with Crippen LogP contribution < -0.4 is 5.73 Å². The lowest BCUT2D eigenvalue weighted by molar-refractivity contribution is -0.119. The first-order valence-electron chi connectivity index (χ1n) is 3.05. The third-order valence-electron chi connectivity index (χ3n) is 1.81. The molecule has 1 aliphatic rings. The maximum absolute atomic E-state index is 10.4. The highest BCUT2D eigenvalue weighted by Crippen LogP contribution is 2.40. The lowest BCUT2D eigenvalue weighted by Gasteiger charge is -1.86. The Morgan fingerprint density at radius 3 is 2.62 bits per heavy atom. The lowest BCUT2D eigenvalue weighted by Crippen LogP contribution is -2.13. The maximum atomic E-state index is 10.4. The van der Waals surface area contributed by atoms with Gasteiger partial charge < -0.3 is 5.73 Å². The third kappa shape index (κ3) is 0.831. The van der Waals surface area contributed by atoms with Crippen LogP contribution >= 0.6 is 0 Å². The van der Waals surface area contributed by atoms with E-state index in [1.165, 1.54) is 0 Å². The number of carbonyl (C=O) groups excluding carboxylic acids is 1. The van der Waals surface area contributed by atoms with Crippen LogP contribution in [0.1, 0.15) is 19.8 Å². The van der Waals surface area contributed by atoms with E-state index in [9.17, 15) is 4.79 Å². The Kier molecular flexibility index (Phi) is 1.24. The van der Waals surface area contributed by atoms with E-state index in [2.05, 4.69) is 6.92 Å². The zero-order valence-electron chi connectivity index (χ0n) is 5.05. The highest BCUT2D eigenvalue weighted by molar-refractivity contribution is 5.79. The molecule has 1 aliphatic carbocycles. The van der Waals surface area contributed by atoms with Gasteiger partial charge in [0, 0.05) is 5.92 Å². The number of amides is 1. The molecule has 2 nitrogen and oxygen atoms in total. The molecule has 2 atom stereocenters. The molecule has 1 saturated carbocycles. The fraction of sp³-hybridized carbons (Fsp3) is 0.833. The van der Waals surface area contributed by atoms with Crippen molar-refractivity contribution in [2.24, 2.45) is 17.6 Å². The first-order valence-corrected chi connectivity index (χ1v) is 3.05. The van der Waals surface area contributed by atoms with E-state index in [0.717, 1.165) is 12.8 Å². The Hall–Kier alpha value is -0.530. The van der Waals surface area contributed by atoms with Gasteiger partial charge in [-0.05, 0) is 12.3 Å². The predicted molar refractivity (Wildman–Crippen MR) is 31.1 cm³/mol. The summed E-state index contributed by atoms with van der Waals surface area (Å²) < 4.78 is 0. The standard InChI is InChI=1S/C6H11NO/c1-2-4-3-5(4)6(7)8/h4-5H,2-3H2,1H3,(H2,7,8). The molecule has 0 radical (unpaired) electrons. The van der Waals surface area contributed by atoms with Crippen LogP contribution in [-0.4, -0.2) is 5.91 Å². The van der Waals surface area contributed by atoms with E-state index in [0.29, 0.717) is 5.92 Å². The molecule has 1 fully saturated rings. The molecule has 2 N–H and O–H groups in total. The summed E-state index contributed by atoms with van der Waals surface area (Å²) >= 11 is 0. The molecule has 0 aromatic rings. The Bertz CT molecular complexity index is 111. The van der Waals surface area contributed by atoms with Gasteiger partial charge in [-0.25, -0.2) is 0 Å². The summed E-state index contributed by atoms with van der Waals surface area (Å²) in [7, 11) is 0. The van der Waals surface area contributed by atoms with Crippen LogP contribution in [-0.2, 0) is 4.79 Å². The maximum Gasteiger partial charge on any atom is 0.220 e. The van der Waals surface area contributed by atoms with Gasteiger partial charge in [-0.15, -0.1) is 0 Å². The molecule has 0 bridgehead atoms. The second-order valence-electron chi connectivity index (χ2n) is 2.41. The number of carbonyl (C=O) groups is 1. The van der Waals surface area contributed by atoms with E-state index < -0.39 is 0 Å². The van der Waals surface area contributed by atoms with Crippen molar-refractivity contribution in [2.45, 2.75) is 19.8 Å². The molecule has 46 valence electrons. The molecule has 1 rings (SSSR count). The van der Waals surface area contributed by atoms with Crippen molar-refractivity contribution >= 4 is 5.91 Å². The SMILES string of the molecule is CCC1CC1C(N)=O. The Labute approximate surface area is 49.1 Å². The zero-order valence-corrected chi connectivity index (χ0v) is 5.05. The normalized spacial score (nSPS) is 34.6. The van der Waals surface area contributed by atoms with Crippen molar-refractivity contribution in [3.8, 4) is 0 Å². The van der Waals surface area contributed by atoms with E-state index in [-0.39, 0.29) is 11.8 Å². The van der Waals surface area contributed by atoms with Crippen LogP contribution in [0.25, 0.3) is 0 Å². The van der Waals surface area contributed by atoms with E-state index in [4.69, 9.17) is 5.73 Å². The quantitative estimate of drug-likeness (QED) is 0.557. The fourth-order valence-corrected chi connectivity index (χ4v) is 1.05. The molecule has 0 spiro atoms. The van der Waals surface area contributed by atoms with Gasteiger partial charge in [0.1, 0.15) is 0 Å². The largest absolute Gasteiger partial charge is 0.369 e. The minimum absolute atomic E-state index is 0.114. The summed E-state index contributed by atoms with van der Waals surface area (Å²) in [5.41, 5.74) is 5.02. The first-order chi connectivity index (χ1) is 3.75.